The van der Waals surface area contributed by atoms with Crippen molar-refractivity contribution in [2.24, 2.45) is 0 Å². The van der Waals surface area contributed by atoms with E-state index >= 15 is 0 Å². The molecule has 0 aliphatic carbocycles. The number of aliphatic hydroxyl groups excluding tert-OH is 2. The fourth-order valence-corrected chi connectivity index (χ4v) is 2.86. The van der Waals surface area contributed by atoms with Crippen LogP contribution in [0.15, 0.2) is 29.2 Å². The summed E-state index contributed by atoms with van der Waals surface area (Å²) < 4.78 is 5.28. The first-order valence-electron chi connectivity index (χ1n) is 5.03. The molecule has 5 heteroatoms. The van der Waals surface area contributed by atoms with Gasteiger partial charge in [0.15, 0.2) is 0 Å². The van der Waals surface area contributed by atoms with E-state index in [1.165, 1.54) is 11.8 Å². The second-order valence-corrected chi connectivity index (χ2v) is 5.14. The Balaban J connectivity index is 1.91. The van der Waals surface area contributed by atoms with Crippen LogP contribution in [0.2, 0.25) is 5.02 Å². The van der Waals surface area contributed by atoms with E-state index in [0.29, 0.717) is 10.8 Å². The molecule has 1 fully saturated rings. The molecule has 0 saturated carbocycles. The van der Waals surface area contributed by atoms with E-state index in [1.807, 2.05) is 24.3 Å². The number of halogens is 1. The van der Waals surface area contributed by atoms with Gasteiger partial charge in [-0.05, 0) is 12.1 Å². The molecule has 0 aromatic heterocycles. The molecule has 1 aliphatic heterocycles. The summed E-state index contributed by atoms with van der Waals surface area (Å²) in [5, 5.41) is 19.6. The summed E-state index contributed by atoms with van der Waals surface area (Å²) in [6, 6.07) is 7.53. The largest absolute Gasteiger partial charge is 0.388 e. The van der Waals surface area contributed by atoms with Crippen LogP contribution in [0.5, 0.6) is 0 Å². The van der Waals surface area contributed by atoms with Crippen molar-refractivity contribution in [3.8, 4) is 0 Å². The molecule has 1 aromatic carbocycles. The second-order valence-electron chi connectivity index (χ2n) is 3.67. The van der Waals surface area contributed by atoms with Gasteiger partial charge in [-0.2, -0.15) is 0 Å². The van der Waals surface area contributed by atoms with Crippen LogP contribution in [-0.4, -0.2) is 40.9 Å². The lowest BCUT2D eigenvalue weighted by molar-refractivity contribution is 0.0337. The Morgan fingerprint density at radius 3 is 2.75 bits per heavy atom. The van der Waals surface area contributed by atoms with E-state index in [4.69, 9.17) is 16.3 Å². The van der Waals surface area contributed by atoms with Crippen LogP contribution < -0.4 is 0 Å². The number of ether oxygens (including phenoxy) is 1. The summed E-state index contributed by atoms with van der Waals surface area (Å²) >= 11 is 7.52. The minimum atomic E-state index is -0.796. The predicted octanol–water partition coefficient (Wildman–Crippen LogP) is 1.55. The summed E-state index contributed by atoms with van der Waals surface area (Å²) in [5.74, 6) is 0.585. The zero-order chi connectivity index (χ0) is 11.5. The summed E-state index contributed by atoms with van der Waals surface area (Å²) in [4.78, 5) is 0.960. The first kappa shape index (κ1) is 12.2. The topological polar surface area (TPSA) is 49.7 Å². The SMILES string of the molecule is OC1COC(CSc2ccccc2Cl)C1O. The maximum atomic E-state index is 9.58. The third-order valence-corrected chi connectivity index (χ3v) is 4.10. The minimum Gasteiger partial charge on any atom is -0.388 e. The summed E-state index contributed by atoms with van der Waals surface area (Å²) in [6.07, 6.45) is -1.89. The lowest BCUT2D eigenvalue weighted by atomic mass is 10.2. The van der Waals surface area contributed by atoms with Crippen molar-refractivity contribution in [2.45, 2.75) is 23.2 Å². The van der Waals surface area contributed by atoms with Gasteiger partial charge in [0.05, 0.1) is 17.7 Å². The fourth-order valence-electron chi connectivity index (χ4n) is 1.55. The standard InChI is InChI=1S/C11H13ClO3S/c12-7-3-1-2-4-10(7)16-6-9-11(14)8(13)5-15-9/h1-4,8-9,11,13-14H,5-6H2. The van der Waals surface area contributed by atoms with Crippen molar-refractivity contribution in [2.75, 3.05) is 12.4 Å². The Labute approximate surface area is 103 Å². The molecule has 1 aromatic rings. The van der Waals surface area contributed by atoms with E-state index in [1.54, 1.807) is 0 Å². The van der Waals surface area contributed by atoms with E-state index in [9.17, 15) is 10.2 Å². The zero-order valence-electron chi connectivity index (χ0n) is 8.54. The van der Waals surface area contributed by atoms with Crippen LogP contribution in [0.25, 0.3) is 0 Å². The van der Waals surface area contributed by atoms with Crippen LogP contribution in [0.3, 0.4) is 0 Å². The molecule has 0 bridgehead atoms. The molecule has 16 heavy (non-hydrogen) atoms. The second kappa shape index (κ2) is 5.38. The molecule has 2 rings (SSSR count). The molecule has 2 N–H and O–H groups in total. The van der Waals surface area contributed by atoms with E-state index in [0.717, 1.165) is 4.90 Å². The molecule has 1 saturated heterocycles. The number of rotatable bonds is 3. The summed E-state index contributed by atoms with van der Waals surface area (Å²) in [7, 11) is 0. The number of hydrogen-bond acceptors (Lipinski definition) is 4. The van der Waals surface area contributed by atoms with E-state index < -0.39 is 12.2 Å². The molecular formula is C11H13ClO3S. The minimum absolute atomic E-state index is 0.203. The maximum absolute atomic E-state index is 9.58. The molecular weight excluding hydrogens is 248 g/mol. The van der Waals surface area contributed by atoms with Crippen LogP contribution in [-0.2, 0) is 4.74 Å². The monoisotopic (exact) mass is 260 g/mol. The van der Waals surface area contributed by atoms with Crippen molar-refractivity contribution in [1.82, 2.24) is 0 Å². The molecule has 88 valence electrons. The average Bonchev–Trinajstić information content (AvgIpc) is 2.59. The number of aliphatic hydroxyl groups is 2. The van der Waals surface area contributed by atoms with Crippen molar-refractivity contribution >= 4 is 23.4 Å². The van der Waals surface area contributed by atoms with Crippen LogP contribution in [0.4, 0.5) is 0 Å². The summed E-state index contributed by atoms with van der Waals surface area (Å²) in [5.41, 5.74) is 0. The molecule has 3 nitrogen and oxygen atoms in total. The van der Waals surface area contributed by atoms with E-state index in [-0.39, 0.29) is 12.7 Å². The van der Waals surface area contributed by atoms with Gasteiger partial charge in [0.25, 0.3) is 0 Å². The lowest BCUT2D eigenvalue weighted by Crippen LogP contribution is -2.31. The fraction of sp³-hybridized carbons (Fsp3) is 0.455. The van der Waals surface area contributed by atoms with Gasteiger partial charge in [0.1, 0.15) is 12.2 Å². The Kier molecular flexibility index (Phi) is 4.10. The highest BCUT2D eigenvalue weighted by atomic mass is 35.5. The third kappa shape index (κ3) is 2.70. The molecule has 3 unspecified atom stereocenters. The molecule has 0 spiro atoms. The van der Waals surface area contributed by atoms with Gasteiger partial charge in [0, 0.05) is 10.6 Å². The highest BCUT2D eigenvalue weighted by Gasteiger charge is 2.34. The van der Waals surface area contributed by atoms with Gasteiger partial charge < -0.3 is 14.9 Å². The van der Waals surface area contributed by atoms with Crippen LogP contribution >= 0.6 is 23.4 Å². The molecule has 1 aliphatic rings. The van der Waals surface area contributed by atoms with Gasteiger partial charge in [-0.15, -0.1) is 11.8 Å². The quantitative estimate of drug-likeness (QED) is 0.810. The van der Waals surface area contributed by atoms with Gasteiger partial charge in [0.2, 0.25) is 0 Å². The summed E-state index contributed by atoms with van der Waals surface area (Å²) in [6.45, 7) is 0.203. The van der Waals surface area contributed by atoms with Crippen LogP contribution in [0, 0.1) is 0 Å². The predicted molar refractivity (Wildman–Crippen MR) is 63.9 cm³/mol. The zero-order valence-corrected chi connectivity index (χ0v) is 10.1. The van der Waals surface area contributed by atoms with E-state index in [2.05, 4.69) is 0 Å². The van der Waals surface area contributed by atoms with Crippen molar-refractivity contribution < 1.29 is 14.9 Å². The average molecular weight is 261 g/mol. The Bertz CT molecular complexity index is 361. The highest BCUT2D eigenvalue weighted by molar-refractivity contribution is 7.99. The molecule has 3 atom stereocenters. The molecule has 0 radical (unpaired) electrons. The maximum Gasteiger partial charge on any atom is 0.109 e. The van der Waals surface area contributed by atoms with Crippen LogP contribution in [0.1, 0.15) is 0 Å². The normalized spacial score (nSPS) is 29.6. The van der Waals surface area contributed by atoms with Gasteiger partial charge in [-0.1, -0.05) is 23.7 Å². The number of hydrogen-bond donors (Lipinski definition) is 2. The first-order chi connectivity index (χ1) is 7.68. The molecule has 0 amide bonds. The molecule has 1 heterocycles. The number of thioether (sulfide) groups is 1. The van der Waals surface area contributed by atoms with Gasteiger partial charge in [-0.3, -0.25) is 0 Å². The van der Waals surface area contributed by atoms with Crippen molar-refractivity contribution in [3.05, 3.63) is 29.3 Å². The number of benzene rings is 1. The first-order valence-corrected chi connectivity index (χ1v) is 6.40. The Morgan fingerprint density at radius 1 is 1.38 bits per heavy atom. The van der Waals surface area contributed by atoms with Gasteiger partial charge in [-0.25, -0.2) is 0 Å². The Hall–Kier alpha value is -0.260. The van der Waals surface area contributed by atoms with Crippen molar-refractivity contribution in [1.29, 1.82) is 0 Å². The third-order valence-electron chi connectivity index (χ3n) is 2.50. The highest BCUT2D eigenvalue weighted by Crippen LogP contribution is 2.29. The van der Waals surface area contributed by atoms with Crippen molar-refractivity contribution in [3.63, 3.8) is 0 Å². The van der Waals surface area contributed by atoms with Gasteiger partial charge >= 0.3 is 0 Å². The smallest absolute Gasteiger partial charge is 0.109 e. The lowest BCUT2D eigenvalue weighted by Gasteiger charge is -2.14. The Morgan fingerprint density at radius 2 is 2.12 bits per heavy atom.